The molecule has 2 N–H and O–H groups in total. The number of oxazole rings is 1. The van der Waals surface area contributed by atoms with Crippen molar-refractivity contribution in [2.75, 3.05) is 6.54 Å². The van der Waals surface area contributed by atoms with Gasteiger partial charge in [-0.1, -0.05) is 37.3 Å². The van der Waals surface area contributed by atoms with E-state index in [4.69, 9.17) is 9.52 Å². The first-order chi connectivity index (χ1) is 9.99. The standard InChI is InChI=1S/C15H16N2O4/c1-9(15(19)20)8-16-14(18)12-13(21-10(2)17-12)11-6-4-3-5-7-11/h3-7,9H,8H2,1-2H3,(H,16,18)(H,19,20). The summed E-state index contributed by atoms with van der Waals surface area (Å²) in [4.78, 5) is 27.0. The Labute approximate surface area is 121 Å². The second kappa shape index (κ2) is 6.21. The largest absolute Gasteiger partial charge is 0.481 e. The molecule has 1 heterocycles. The molecule has 1 amide bonds. The average molecular weight is 288 g/mol. The summed E-state index contributed by atoms with van der Waals surface area (Å²) in [5.74, 6) is -1.31. The number of nitrogens with zero attached hydrogens (tertiary/aromatic N) is 1. The number of hydrogen-bond donors (Lipinski definition) is 2. The lowest BCUT2D eigenvalue weighted by molar-refractivity contribution is -0.140. The van der Waals surface area contributed by atoms with E-state index in [9.17, 15) is 9.59 Å². The van der Waals surface area contributed by atoms with Crippen LogP contribution < -0.4 is 5.32 Å². The van der Waals surface area contributed by atoms with E-state index in [0.717, 1.165) is 5.56 Å². The molecular formula is C15H16N2O4. The molecule has 2 aromatic rings. The first-order valence-electron chi connectivity index (χ1n) is 6.53. The summed E-state index contributed by atoms with van der Waals surface area (Å²) in [6.45, 7) is 3.21. The smallest absolute Gasteiger partial charge is 0.308 e. The predicted molar refractivity (Wildman–Crippen MR) is 75.8 cm³/mol. The molecule has 0 saturated heterocycles. The molecule has 0 spiro atoms. The summed E-state index contributed by atoms with van der Waals surface area (Å²) in [5, 5.41) is 11.4. The molecule has 110 valence electrons. The minimum atomic E-state index is -0.963. The van der Waals surface area contributed by atoms with Gasteiger partial charge in [0.15, 0.2) is 17.3 Å². The van der Waals surface area contributed by atoms with Gasteiger partial charge in [0.1, 0.15) is 0 Å². The summed E-state index contributed by atoms with van der Waals surface area (Å²) < 4.78 is 5.49. The summed E-state index contributed by atoms with van der Waals surface area (Å²) in [5.41, 5.74) is 0.908. The van der Waals surface area contributed by atoms with E-state index in [2.05, 4.69) is 10.3 Å². The molecule has 0 saturated carbocycles. The minimum Gasteiger partial charge on any atom is -0.481 e. The van der Waals surface area contributed by atoms with Crippen molar-refractivity contribution in [2.24, 2.45) is 5.92 Å². The van der Waals surface area contributed by atoms with Gasteiger partial charge in [-0.05, 0) is 0 Å². The van der Waals surface area contributed by atoms with E-state index in [0.29, 0.717) is 11.7 Å². The predicted octanol–water partition coefficient (Wildman–Crippen LogP) is 2.10. The Balaban J connectivity index is 2.20. The summed E-state index contributed by atoms with van der Waals surface area (Å²) >= 11 is 0. The molecule has 0 aliphatic carbocycles. The second-order valence-electron chi connectivity index (χ2n) is 4.73. The van der Waals surface area contributed by atoms with Gasteiger partial charge in [-0.2, -0.15) is 0 Å². The zero-order valence-corrected chi connectivity index (χ0v) is 11.8. The molecule has 0 aliphatic heterocycles. The molecule has 1 unspecified atom stereocenters. The van der Waals surface area contributed by atoms with Gasteiger partial charge in [0, 0.05) is 19.0 Å². The maximum absolute atomic E-state index is 12.2. The number of carboxylic acid groups (broad SMARTS) is 1. The highest BCUT2D eigenvalue weighted by atomic mass is 16.4. The molecule has 1 aromatic heterocycles. The molecule has 2 rings (SSSR count). The fraction of sp³-hybridized carbons (Fsp3) is 0.267. The van der Waals surface area contributed by atoms with Crippen LogP contribution in [0.25, 0.3) is 11.3 Å². The monoisotopic (exact) mass is 288 g/mol. The fourth-order valence-corrected chi connectivity index (χ4v) is 1.78. The third-order valence-corrected chi connectivity index (χ3v) is 2.98. The van der Waals surface area contributed by atoms with Crippen molar-refractivity contribution >= 4 is 11.9 Å². The summed E-state index contributed by atoms with van der Waals surface area (Å²) in [6, 6.07) is 9.16. The van der Waals surface area contributed by atoms with Crippen molar-refractivity contribution in [1.29, 1.82) is 0 Å². The van der Waals surface area contributed by atoms with Crippen molar-refractivity contribution in [2.45, 2.75) is 13.8 Å². The maximum Gasteiger partial charge on any atom is 0.308 e. The third-order valence-electron chi connectivity index (χ3n) is 2.98. The molecular weight excluding hydrogens is 272 g/mol. The first kappa shape index (κ1) is 14.8. The van der Waals surface area contributed by atoms with Crippen LogP contribution in [0.3, 0.4) is 0 Å². The molecule has 0 fully saturated rings. The number of aryl methyl sites for hydroxylation is 1. The van der Waals surface area contributed by atoms with Crippen LogP contribution in [0.2, 0.25) is 0 Å². The number of benzene rings is 1. The highest BCUT2D eigenvalue weighted by Gasteiger charge is 2.21. The van der Waals surface area contributed by atoms with E-state index in [1.54, 1.807) is 6.92 Å². The number of aromatic nitrogens is 1. The number of hydrogen-bond acceptors (Lipinski definition) is 4. The lowest BCUT2D eigenvalue weighted by Gasteiger charge is -2.07. The van der Waals surface area contributed by atoms with Crippen LogP contribution >= 0.6 is 0 Å². The normalized spacial score (nSPS) is 11.9. The Bertz CT molecular complexity index is 649. The van der Waals surface area contributed by atoms with Gasteiger partial charge in [-0.15, -0.1) is 0 Å². The lowest BCUT2D eigenvalue weighted by atomic mass is 10.1. The highest BCUT2D eigenvalue weighted by molar-refractivity contribution is 5.97. The number of nitrogens with one attached hydrogen (secondary N) is 1. The Morgan fingerprint density at radius 1 is 1.33 bits per heavy atom. The third kappa shape index (κ3) is 3.47. The fourth-order valence-electron chi connectivity index (χ4n) is 1.78. The van der Waals surface area contributed by atoms with E-state index in [1.165, 1.54) is 6.92 Å². The summed E-state index contributed by atoms with van der Waals surface area (Å²) in [6.07, 6.45) is 0. The van der Waals surface area contributed by atoms with Crippen LogP contribution in [0.4, 0.5) is 0 Å². The Morgan fingerprint density at radius 3 is 2.62 bits per heavy atom. The van der Waals surface area contributed by atoms with E-state index < -0.39 is 17.8 Å². The topological polar surface area (TPSA) is 92.4 Å². The first-order valence-corrected chi connectivity index (χ1v) is 6.53. The number of aliphatic carboxylic acids is 1. The van der Waals surface area contributed by atoms with Crippen LogP contribution in [0.5, 0.6) is 0 Å². The highest BCUT2D eigenvalue weighted by Crippen LogP contribution is 2.24. The van der Waals surface area contributed by atoms with Crippen LogP contribution in [-0.4, -0.2) is 28.5 Å². The van der Waals surface area contributed by atoms with Crippen LogP contribution in [-0.2, 0) is 4.79 Å². The van der Waals surface area contributed by atoms with Gasteiger partial charge < -0.3 is 14.8 Å². The van der Waals surface area contributed by atoms with Crippen LogP contribution in [0.15, 0.2) is 34.7 Å². The number of rotatable bonds is 5. The molecule has 6 heteroatoms. The Morgan fingerprint density at radius 2 is 2.00 bits per heavy atom. The van der Waals surface area contributed by atoms with Crippen molar-refractivity contribution in [3.63, 3.8) is 0 Å². The van der Waals surface area contributed by atoms with E-state index in [1.807, 2.05) is 30.3 Å². The second-order valence-corrected chi connectivity index (χ2v) is 4.73. The van der Waals surface area contributed by atoms with Gasteiger partial charge >= 0.3 is 5.97 Å². The molecule has 6 nitrogen and oxygen atoms in total. The van der Waals surface area contributed by atoms with Gasteiger partial charge in [-0.25, -0.2) is 4.98 Å². The van der Waals surface area contributed by atoms with Crippen LogP contribution in [0.1, 0.15) is 23.3 Å². The Kier molecular flexibility index (Phi) is 4.37. The molecule has 0 radical (unpaired) electrons. The van der Waals surface area contributed by atoms with Gasteiger partial charge in [0.05, 0.1) is 5.92 Å². The number of carbonyl (C=O) groups is 2. The van der Waals surface area contributed by atoms with Gasteiger partial charge in [0.2, 0.25) is 0 Å². The lowest BCUT2D eigenvalue weighted by Crippen LogP contribution is -2.31. The molecule has 1 aromatic carbocycles. The quantitative estimate of drug-likeness (QED) is 0.879. The number of amides is 1. The van der Waals surface area contributed by atoms with E-state index in [-0.39, 0.29) is 12.2 Å². The maximum atomic E-state index is 12.2. The van der Waals surface area contributed by atoms with Gasteiger partial charge in [0.25, 0.3) is 5.91 Å². The number of carboxylic acids is 1. The van der Waals surface area contributed by atoms with Gasteiger partial charge in [-0.3, -0.25) is 9.59 Å². The zero-order chi connectivity index (χ0) is 15.4. The van der Waals surface area contributed by atoms with Crippen LogP contribution in [0, 0.1) is 12.8 Å². The SMILES string of the molecule is Cc1nc(C(=O)NCC(C)C(=O)O)c(-c2ccccc2)o1. The minimum absolute atomic E-state index is 0.0360. The molecule has 21 heavy (non-hydrogen) atoms. The Hall–Kier alpha value is -2.63. The zero-order valence-electron chi connectivity index (χ0n) is 11.8. The van der Waals surface area contributed by atoms with E-state index >= 15 is 0 Å². The molecule has 1 atom stereocenters. The van der Waals surface area contributed by atoms with Crippen molar-refractivity contribution < 1.29 is 19.1 Å². The van der Waals surface area contributed by atoms with Crippen molar-refractivity contribution in [3.8, 4) is 11.3 Å². The average Bonchev–Trinajstić information content (AvgIpc) is 2.87. The molecule has 0 bridgehead atoms. The van der Waals surface area contributed by atoms with Crippen molar-refractivity contribution in [1.82, 2.24) is 10.3 Å². The van der Waals surface area contributed by atoms with Crippen molar-refractivity contribution in [3.05, 3.63) is 41.9 Å². The molecule has 0 aliphatic rings. The summed E-state index contributed by atoms with van der Waals surface area (Å²) in [7, 11) is 0. The number of carbonyl (C=O) groups excluding carboxylic acids is 1.